The molecule has 0 bridgehead atoms. The number of carbonyl (C=O) groups excluding carboxylic acids is 1. The predicted octanol–water partition coefficient (Wildman–Crippen LogP) is 3.92. The minimum atomic E-state index is -0.421. The molecule has 1 saturated heterocycles. The maximum Gasteiger partial charge on any atom is 0.339 e. The third-order valence-electron chi connectivity index (χ3n) is 6.03. The van der Waals surface area contributed by atoms with Crippen molar-refractivity contribution >= 4 is 34.2 Å². The van der Waals surface area contributed by atoms with Crippen LogP contribution in [-0.2, 0) is 15.9 Å². The molecule has 0 spiro atoms. The summed E-state index contributed by atoms with van der Waals surface area (Å²) in [5, 5.41) is 3.29. The van der Waals surface area contributed by atoms with Crippen LogP contribution in [0.4, 0.5) is 17.2 Å². The Labute approximate surface area is 203 Å². The molecule has 1 aliphatic heterocycles. The van der Waals surface area contributed by atoms with Gasteiger partial charge in [-0.3, -0.25) is 0 Å². The number of H-pyrrole nitrogens is 1. The van der Waals surface area contributed by atoms with Crippen LogP contribution < -0.4 is 15.0 Å². The van der Waals surface area contributed by atoms with Crippen LogP contribution in [0.15, 0.2) is 54.7 Å². The number of methoxy groups -OCH3 is 2. The lowest BCUT2D eigenvalue weighted by Gasteiger charge is -2.29. The van der Waals surface area contributed by atoms with Crippen LogP contribution in [0.2, 0.25) is 0 Å². The second kappa shape index (κ2) is 10.0. The lowest BCUT2D eigenvalue weighted by atomic mass is 10.1. The Morgan fingerprint density at radius 3 is 2.74 bits per heavy atom. The number of aromatic amines is 1. The Morgan fingerprint density at radius 2 is 1.94 bits per heavy atom. The molecule has 4 aromatic rings. The number of fused-ring (bicyclic) bond motifs is 1. The molecule has 0 aliphatic carbocycles. The van der Waals surface area contributed by atoms with Crippen molar-refractivity contribution in [3.8, 4) is 5.75 Å². The Bertz CT molecular complexity index is 1350. The number of carbonyl (C=O) groups is 1. The standard InChI is InChI=1S/C26H27N5O4/c1-33-22-16-18(31-11-13-35-14-12-31)8-7-17(22)15-23-28-21-9-10-27-24(21)25(30-23)29-20-6-4-3-5-19(20)26(32)34-2/h3-10,16,27H,11-15H2,1-2H3,(H,28,29,30). The second-order valence-corrected chi connectivity index (χ2v) is 8.16. The number of para-hydroxylation sites is 1. The highest BCUT2D eigenvalue weighted by Gasteiger charge is 2.17. The fourth-order valence-electron chi connectivity index (χ4n) is 4.24. The Kier molecular flexibility index (Phi) is 6.49. The van der Waals surface area contributed by atoms with E-state index in [1.807, 2.05) is 24.4 Å². The molecule has 0 saturated carbocycles. The molecule has 2 aromatic heterocycles. The molecule has 0 amide bonds. The van der Waals surface area contributed by atoms with Crippen LogP contribution in [0.1, 0.15) is 21.7 Å². The molecule has 9 heteroatoms. The number of benzene rings is 2. The number of nitrogens with zero attached hydrogens (tertiary/aromatic N) is 3. The first kappa shape index (κ1) is 22.7. The van der Waals surface area contributed by atoms with E-state index in [2.05, 4.69) is 33.4 Å². The number of hydrogen-bond acceptors (Lipinski definition) is 8. The minimum absolute atomic E-state index is 0.421. The van der Waals surface area contributed by atoms with Gasteiger partial charge in [0.15, 0.2) is 5.82 Å². The highest BCUT2D eigenvalue weighted by atomic mass is 16.5. The smallest absolute Gasteiger partial charge is 0.339 e. The van der Waals surface area contributed by atoms with Crippen molar-refractivity contribution in [3.63, 3.8) is 0 Å². The first-order chi connectivity index (χ1) is 17.2. The fraction of sp³-hybridized carbons (Fsp3) is 0.269. The van der Waals surface area contributed by atoms with E-state index in [0.717, 1.165) is 54.3 Å². The quantitative estimate of drug-likeness (QED) is 0.390. The first-order valence-corrected chi connectivity index (χ1v) is 11.4. The van der Waals surface area contributed by atoms with Gasteiger partial charge in [0.25, 0.3) is 0 Å². The molecule has 3 heterocycles. The topological polar surface area (TPSA) is 102 Å². The van der Waals surface area contributed by atoms with Gasteiger partial charge in [-0.05, 0) is 24.3 Å². The molecule has 9 nitrogen and oxygen atoms in total. The van der Waals surface area contributed by atoms with Crippen molar-refractivity contribution in [1.29, 1.82) is 0 Å². The van der Waals surface area contributed by atoms with Gasteiger partial charge >= 0.3 is 5.97 Å². The zero-order chi connectivity index (χ0) is 24.2. The third-order valence-corrected chi connectivity index (χ3v) is 6.03. The molecule has 0 atom stereocenters. The molecule has 35 heavy (non-hydrogen) atoms. The predicted molar refractivity (Wildman–Crippen MR) is 134 cm³/mol. The molecule has 0 unspecified atom stereocenters. The van der Waals surface area contributed by atoms with Crippen molar-refractivity contribution in [2.45, 2.75) is 6.42 Å². The summed E-state index contributed by atoms with van der Waals surface area (Å²) < 4.78 is 16.1. The molecule has 0 radical (unpaired) electrons. The van der Waals surface area contributed by atoms with Gasteiger partial charge in [0, 0.05) is 43.0 Å². The lowest BCUT2D eigenvalue weighted by Crippen LogP contribution is -2.36. The fourth-order valence-corrected chi connectivity index (χ4v) is 4.24. The number of aromatic nitrogens is 3. The van der Waals surface area contributed by atoms with E-state index in [4.69, 9.17) is 24.2 Å². The van der Waals surface area contributed by atoms with E-state index in [0.29, 0.717) is 29.3 Å². The normalized spacial score (nSPS) is 13.6. The van der Waals surface area contributed by atoms with Crippen LogP contribution in [-0.4, -0.2) is 61.4 Å². The van der Waals surface area contributed by atoms with E-state index in [1.165, 1.54) is 7.11 Å². The van der Waals surface area contributed by atoms with Crippen molar-refractivity contribution in [2.24, 2.45) is 0 Å². The number of morpholine rings is 1. The van der Waals surface area contributed by atoms with Crippen molar-refractivity contribution in [2.75, 3.05) is 50.7 Å². The monoisotopic (exact) mass is 473 g/mol. The number of hydrogen-bond donors (Lipinski definition) is 2. The highest BCUT2D eigenvalue weighted by Crippen LogP contribution is 2.30. The van der Waals surface area contributed by atoms with E-state index in [-0.39, 0.29) is 0 Å². The molecule has 2 aromatic carbocycles. The average Bonchev–Trinajstić information content (AvgIpc) is 3.38. The largest absolute Gasteiger partial charge is 0.496 e. The number of anilines is 3. The second-order valence-electron chi connectivity index (χ2n) is 8.16. The van der Waals surface area contributed by atoms with E-state index >= 15 is 0 Å². The Balaban J connectivity index is 1.46. The lowest BCUT2D eigenvalue weighted by molar-refractivity contribution is 0.0602. The van der Waals surface area contributed by atoms with Gasteiger partial charge in [-0.1, -0.05) is 18.2 Å². The molecule has 1 aliphatic rings. The Morgan fingerprint density at radius 1 is 1.11 bits per heavy atom. The summed E-state index contributed by atoms with van der Waals surface area (Å²) in [7, 11) is 3.04. The first-order valence-electron chi connectivity index (χ1n) is 11.4. The van der Waals surface area contributed by atoms with Crippen molar-refractivity contribution in [1.82, 2.24) is 15.0 Å². The minimum Gasteiger partial charge on any atom is -0.496 e. The molecular formula is C26H27N5O4. The summed E-state index contributed by atoms with van der Waals surface area (Å²) >= 11 is 0. The molecule has 5 rings (SSSR count). The summed E-state index contributed by atoms with van der Waals surface area (Å²) in [6, 6.07) is 15.3. The molecular weight excluding hydrogens is 446 g/mol. The summed E-state index contributed by atoms with van der Waals surface area (Å²) in [5.74, 6) is 1.58. The SMILES string of the molecule is COC(=O)c1ccccc1Nc1nc(Cc2ccc(N3CCOCC3)cc2OC)nc2cc[nH]c12. The summed E-state index contributed by atoms with van der Waals surface area (Å²) in [5.41, 5.74) is 4.65. The number of ether oxygens (including phenoxy) is 3. The highest BCUT2D eigenvalue weighted by molar-refractivity contribution is 5.98. The van der Waals surface area contributed by atoms with Gasteiger partial charge in [0.2, 0.25) is 0 Å². The molecule has 2 N–H and O–H groups in total. The van der Waals surface area contributed by atoms with Gasteiger partial charge < -0.3 is 29.4 Å². The van der Waals surface area contributed by atoms with Gasteiger partial charge in [0.05, 0.1) is 44.2 Å². The van der Waals surface area contributed by atoms with E-state index < -0.39 is 5.97 Å². The van der Waals surface area contributed by atoms with Gasteiger partial charge in [-0.25, -0.2) is 14.8 Å². The number of rotatable bonds is 7. The zero-order valence-corrected chi connectivity index (χ0v) is 19.7. The van der Waals surface area contributed by atoms with Crippen molar-refractivity contribution in [3.05, 3.63) is 71.7 Å². The maximum absolute atomic E-state index is 12.2. The maximum atomic E-state index is 12.2. The summed E-state index contributed by atoms with van der Waals surface area (Å²) in [4.78, 5) is 27.2. The van der Waals surface area contributed by atoms with Crippen molar-refractivity contribution < 1.29 is 19.0 Å². The third kappa shape index (κ3) is 4.76. The number of nitrogens with one attached hydrogen (secondary N) is 2. The van der Waals surface area contributed by atoms with Gasteiger partial charge in [-0.15, -0.1) is 0 Å². The Hall–Kier alpha value is -4.11. The van der Waals surface area contributed by atoms with Crippen LogP contribution >= 0.6 is 0 Å². The van der Waals surface area contributed by atoms with Crippen LogP contribution in [0, 0.1) is 0 Å². The number of esters is 1. The summed E-state index contributed by atoms with van der Waals surface area (Å²) in [6.45, 7) is 3.17. The summed E-state index contributed by atoms with van der Waals surface area (Å²) in [6.07, 6.45) is 2.30. The molecule has 180 valence electrons. The van der Waals surface area contributed by atoms with Crippen LogP contribution in [0.5, 0.6) is 5.75 Å². The van der Waals surface area contributed by atoms with E-state index in [1.54, 1.807) is 19.2 Å². The zero-order valence-electron chi connectivity index (χ0n) is 19.7. The van der Waals surface area contributed by atoms with Gasteiger partial charge in [0.1, 0.15) is 17.1 Å². The van der Waals surface area contributed by atoms with E-state index in [9.17, 15) is 4.79 Å². The molecule has 1 fully saturated rings. The average molecular weight is 474 g/mol. The van der Waals surface area contributed by atoms with Gasteiger partial charge in [-0.2, -0.15) is 0 Å². The van der Waals surface area contributed by atoms with Crippen LogP contribution in [0.25, 0.3) is 11.0 Å². The van der Waals surface area contributed by atoms with Crippen LogP contribution in [0.3, 0.4) is 0 Å².